The largest absolute Gasteiger partial charge is 0.368 e. The number of ether oxygens (including phenoxy) is 1. The van der Waals surface area contributed by atoms with Crippen LogP contribution in [0.25, 0.3) is 0 Å². The number of carbonyl (C=O) groups is 1. The number of rotatable bonds is 4. The average Bonchev–Trinajstić information content (AvgIpc) is 3.30. The molecule has 1 amide bonds. The van der Waals surface area contributed by atoms with E-state index in [1.807, 2.05) is 6.92 Å². The van der Waals surface area contributed by atoms with Crippen LogP contribution in [0.5, 0.6) is 0 Å². The first-order chi connectivity index (χ1) is 12.9. The molecule has 1 fully saturated rings. The van der Waals surface area contributed by atoms with Gasteiger partial charge >= 0.3 is 0 Å². The maximum absolute atomic E-state index is 12.9. The Labute approximate surface area is 162 Å². The molecule has 3 heterocycles. The highest BCUT2D eigenvalue weighted by Gasteiger charge is 2.31. The lowest BCUT2D eigenvalue weighted by Gasteiger charge is -2.25. The van der Waals surface area contributed by atoms with Gasteiger partial charge in [0.25, 0.3) is 5.91 Å². The first-order valence-corrected chi connectivity index (χ1v) is 11.2. The van der Waals surface area contributed by atoms with Crippen LogP contribution in [0.15, 0.2) is 29.2 Å². The highest BCUT2D eigenvalue weighted by Crippen LogP contribution is 2.31. The van der Waals surface area contributed by atoms with E-state index < -0.39 is 16.1 Å². The molecule has 1 aromatic carbocycles. The molecule has 27 heavy (non-hydrogen) atoms. The van der Waals surface area contributed by atoms with Gasteiger partial charge in [-0.25, -0.2) is 13.4 Å². The van der Waals surface area contributed by atoms with Crippen molar-refractivity contribution in [2.75, 3.05) is 18.5 Å². The Balaban J connectivity index is 1.49. The van der Waals surface area contributed by atoms with E-state index in [1.54, 1.807) is 24.3 Å². The number of carbonyl (C=O) groups excluding carboxylic acids is 1. The predicted octanol–water partition coefficient (Wildman–Crippen LogP) is 2.32. The van der Waals surface area contributed by atoms with Crippen LogP contribution in [0.4, 0.5) is 5.13 Å². The van der Waals surface area contributed by atoms with E-state index in [0.717, 1.165) is 29.0 Å². The van der Waals surface area contributed by atoms with Gasteiger partial charge in [0, 0.05) is 24.4 Å². The number of aryl methyl sites for hydroxylation is 1. The lowest BCUT2D eigenvalue weighted by atomic mass is 10.2. The number of anilines is 1. The van der Waals surface area contributed by atoms with Crippen LogP contribution in [-0.2, 0) is 32.5 Å². The van der Waals surface area contributed by atoms with Crippen LogP contribution >= 0.6 is 11.3 Å². The Kier molecular flexibility index (Phi) is 5.02. The van der Waals surface area contributed by atoms with E-state index in [-0.39, 0.29) is 12.5 Å². The van der Waals surface area contributed by atoms with Gasteiger partial charge < -0.3 is 4.74 Å². The van der Waals surface area contributed by atoms with Gasteiger partial charge in [-0.15, -0.1) is 11.3 Å². The van der Waals surface area contributed by atoms with Crippen molar-refractivity contribution in [2.24, 2.45) is 0 Å². The van der Waals surface area contributed by atoms with Crippen molar-refractivity contribution in [1.29, 1.82) is 0 Å². The lowest BCUT2D eigenvalue weighted by Crippen LogP contribution is -2.35. The maximum Gasteiger partial charge on any atom is 0.255 e. The van der Waals surface area contributed by atoms with Crippen molar-refractivity contribution in [3.05, 3.63) is 40.4 Å². The van der Waals surface area contributed by atoms with Gasteiger partial charge in [-0.2, -0.15) is 4.31 Å². The number of amides is 1. The summed E-state index contributed by atoms with van der Waals surface area (Å²) in [6.07, 6.45) is 1.73. The Morgan fingerprint density at radius 3 is 2.81 bits per heavy atom. The summed E-state index contributed by atoms with van der Waals surface area (Å²) in [5, 5.41) is 3.32. The zero-order valence-electron chi connectivity index (χ0n) is 15.0. The van der Waals surface area contributed by atoms with Gasteiger partial charge in [0.15, 0.2) is 5.13 Å². The molecule has 1 atom stereocenters. The molecule has 1 aromatic heterocycles. The summed E-state index contributed by atoms with van der Waals surface area (Å²) >= 11 is 1.34. The molecule has 9 heteroatoms. The topological polar surface area (TPSA) is 88.6 Å². The molecular formula is C18H21N3O4S2. The molecule has 0 bridgehead atoms. The zero-order chi connectivity index (χ0) is 19.0. The Bertz CT molecular complexity index is 947. The highest BCUT2D eigenvalue weighted by atomic mass is 32.2. The van der Waals surface area contributed by atoms with E-state index in [9.17, 15) is 13.2 Å². The highest BCUT2D eigenvalue weighted by molar-refractivity contribution is 7.89. The number of fused-ring (bicyclic) bond motifs is 1. The van der Waals surface area contributed by atoms with Crippen LogP contribution in [0.2, 0.25) is 0 Å². The molecule has 1 N–H and O–H groups in total. The number of thiazole rings is 1. The number of nitrogens with zero attached hydrogens (tertiary/aromatic N) is 2. The number of sulfonamides is 1. The van der Waals surface area contributed by atoms with Crippen molar-refractivity contribution in [3.8, 4) is 0 Å². The van der Waals surface area contributed by atoms with Gasteiger partial charge in [0.05, 0.1) is 17.1 Å². The average molecular weight is 408 g/mol. The second-order valence-electron chi connectivity index (χ2n) is 6.78. The lowest BCUT2D eigenvalue weighted by molar-refractivity contribution is -0.124. The van der Waals surface area contributed by atoms with Crippen LogP contribution in [0, 0.1) is 6.92 Å². The van der Waals surface area contributed by atoms with E-state index in [4.69, 9.17) is 4.74 Å². The van der Waals surface area contributed by atoms with Gasteiger partial charge in [-0.05, 0) is 31.9 Å². The maximum atomic E-state index is 12.9. The fourth-order valence-corrected chi connectivity index (χ4v) is 5.78. The standard InChI is InChI=1S/C18H21N3O4S2/c1-12-4-6-13(7-5-12)27(23,24)21-9-8-14-16(11-21)26-18(19-14)20-17(22)15-3-2-10-25-15/h4-7,15H,2-3,8-11H2,1H3,(H,19,20,22). The third kappa shape index (κ3) is 3.77. The third-order valence-corrected chi connectivity index (χ3v) is 7.66. The summed E-state index contributed by atoms with van der Waals surface area (Å²) in [7, 11) is -3.54. The fraction of sp³-hybridized carbons (Fsp3) is 0.444. The molecule has 0 spiro atoms. The van der Waals surface area contributed by atoms with Crippen LogP contribution in [-0.4, -0.2) is 42.9 Å². The SMILES string of the molecule is Cc1ccc(S(=O)(=O)N2CCc3nc(NC(=O)C4CCCO4)sc3C2)cc1. The normalized spacial score (nSPS) is 20.4. The molecule has 2 aromatic rings. The van der Waals surface area contributed by atoms with Gasteiger partial charge in [0.1, 0.15) is 6.10 Å². The molecule has 1 unspecified atom stereocenters. The molecule has 0 aliphatic carbocycles. The second kappa shape index (κ2) is 7.31. The number of hydrogen-bond acceptors (Lipinski definition) is 6. The zero-order valence-corrected chi connectivity index (χ0v) is 16.6. The first kappa shape index (κ1) is 18.5. The first-order valence-electron chi connectivity index (χ1n) is 8.91. The predicted molar refractivity (Wildman–Crippen MR) is 102 cm³/mol. The number of nitrogens with one attached hydrogen (secondary N) is 1. The summed E-state index contributed by atoms with van der Waals surface area (Å²) < 4.78 is 32.6. The summed E-state index contributed by atoms with van der Waals surface area (Å²) in [6, 6.07) is 6.88. The van der Waals surface area contributed by atoms with Crippen molar-refractivity contribution in [1.82, 2.24) is 9.29 Å². The molecule has 144 valence electrons. The van der Waals surface area contributed by atoms with Gasteiger partial charge in [-0.1, -0.05) is 17.7 Å². The monoisotopic (exact) mass is 407 g/mol. The summed E-state index contributed by atoms with van der Waals surface area (Å²) in [5.41, 5.74) is 1.88. The van der Waals surface area contributed by atoms with Crippen LogP contribution in [0.1, 0.15) is 29.0 Å². The third-order valence-electron chi connectivity index (χ3n) is 4.81. The van der Waals surface area contributed by atoms with Crippen molar-refractivity contribution >= 4 is 32.4 Å². The van der Waals surface area contributed by atoms with Crippen molar-refractivity contribution in [2.45, 2.75) is 43.7 Å². The Hall–Kier alpha value is -1.81. The van der Waals surface area contributed by atoms with E-state index in [2.05, 4.69) is 10.3 Å². The Morgan fingerprint density at radius 1 is 1.33 bits per heavy atom. The summed E-state index contributed by atoms with van der Waals surface area (Å²) in [5.74, 6) is -0.178. The molecule has 0 radical (unpaired) electrons. The molecular weight excluding hydrogens is 386 g/mol. The molecule has 0 saturated carbocycles. The smallest absolute Gasteiger partial charge is 0.255 e. The molecule has 1 saturated heterocycles. The number of aromatic nitrogens is 1. The van der Waals surface area contributed by atoms with E-state index in [1.165, 1.54) is 15.6 Å². The molecule has 2 aliphatic heterocycles. The summed E-state index contributed by atoms with van der Waals surface area (Å²) in [6.45, 7) is 3.19. The minimum Gasteiger partial charge on any atom is -0.368 e. The van der Waals surface area contributed by atoms with E-state index >= 15 is 0 Å². The minimum absolute atomic E-state index is 0.178. The molecule has 2 aliphatic rings. The van der Waals surface area contributed by atoms with Crippen molar-refractivity contribution < 1.29 is 17.9 Å². The fourth-order valence-electron chi connectivity index (χ4n) is 3.26. The second-order valence-corrected chi connectivity index (χ2v) is 9.80. The van der Waals surface area contributed by atoms with Crippen LogP contribution < -0.4 is 5.32 Å². The number of hydrogen-bond donors (Lipinski definition) is 1. The van der Waals surface area contributed by atoms with Gasteiger partial charge in [-0.3, -0.25) is 10.1 Å². The minimum atomic E-state index is -3.54. The van der Waals surface area contributed by atoms with Crippen molar-refractivity contribution in [3.63, 3.8) is 0 Å². The van der Waals surface area contributed by atoms with Gasteiger partial charge in [0.2, 0.25) is 10.0 Å². The van der Waals surface area contributed by atoms with Crippen LogP contribution in [0.3, 0.4) is 0 Å². The number of benzene rings is 1. The van der Waals surface area contributed by atoms with E-state index in [0.29, 0.717) is 29.6 Å². The quantitative estimate of drug-likeness (QED) is 0.840. The molecule has 7 nitrogen and oxygen atoms in total. The molecule has 4 rings (SSSR count). The Morgan fingerprint density at radius 2 is 2.11 bits per heavy atom. The summed E-state index contributed by atoms with van der Waals surface area (Å²) in [4.78, 5) is 17.8.